The van der Waals surface area contributed by atoms with E-state index in [9.17, 15) is 4.79 Å². The molecule has 6 nitrogen and oxygen atoms in total. The molecule has 2 aromatic heterocycles. The predicted octanol–water partition coefficient (Wildman–Crippen LogP) is 0.0429. The average molecular weight is 215 g/mol. The minimum Gasteiger partial charge on any atom is -0.368 e. The van der Waals surface area contributed by atoms with Crippen LogP contribution in [0.3, 0.4) is 0 Å². The van der Waals surface area contributed by atoms with Crippen molar-refractivity contribution in [1.82, 2.24) is 18.9 Å². The Morgan fingerprint density at radius 2 is 2.46 bits per heavy atom. The van der Waals surface area contributed by atoms with Crippen LogP contribution in [0.5, 0.6) is 0 Å². The van der Waals surface area contributed by atoms with E-state index in [-0.39, 0.29) is 5.95 Å². The number of thiol groups is 1. The van der Waals surface area contributed by atoms with Crippen LogP contribution in [0.4, 0.5) is 5.95 Å². The van der Waals surface area contributed by atoms with E-state index in [1.807, 2.05) is 0 Å². The third kappa shape index (κ3) is 1.18. The molecule has 2 rings (SSSR count). The Morgan fingerprint density at radius 3 is 3.15 bits per heavy atom. The lowest BCUT2D eigenvalue weighted by Crippen LogP contribution is -2.14. The largest absolute Gasteiger partial charge is 0.368 e. The number of nitrogens with one attached hydrogen (secondary N) is 1. The van der Waals surface area contributed by atoms with Crippen molar-refractivity contribution in [2.24, 2.45) is 0 Å². The van der Waals surface area contributed by atoms with Crippen LogP contribution in [-0.4, -0.2) is 18.9 Å². The molecule has 68 valence electrons. The first-order valence-corrected chi connectivity index (χ1v) is 5.10. The Labute approximate surface area is 81.5 Å². The van der Waals surface area contributed by atoms with Crippen molar-refractivity contribution < 1.29 is 0 Å². The molecule has 0 atom stereocenters. The number of hydrogen-bond acceptors (Lipinski definition) is 6. The van der Waals surface area contributed by atoms with Gasteiger partial charge < -0.3 is 10.7 Å². The highest BCUT2D eigenvalue weighted by molar-refractivity contribution is 8.68. The van der Waals surface area contributed by atoms with Gasteiger partial charge >= 0.3 is 5.56 Å². The third-order valence-electron chi connectivity index (χ3n) is 1.53. The monoisotopic (exact) mass is 215 g/mol. The average Bonchev–Trinajstić information content (AvgIpc) is 2.53. The number of fused-ring (bicyclic) bond motifs is 1. The van der Waals surface area contributed by atoms with Crippen molar-refractivity contribution >= 4 is 39.8 Å². The maximum atomic E-state index is 11.2. The predicted molar refractivity (Wildman–Crippen MR) is 54.5 cm³/mol. The standard InChI is InChI=1S/C5H5N5OS2/c6-5-9-4(11)2-3(8-1-7-2)10(5)13-12/h1,12H,(H,7,8)(H2,6,9,11). The fourth-order valence-electron chi connectivity index (χ4n) is 0.993. The number of imidazole rings is 1. The molecule has 0 fully saturated rings. The molecule has 0 unspecified atom stereocenters. The Morgan fingerprint density at radius 1 is 1.69 bits per heavy atom. The SMILES string of the molecule is Nc1nc(=O)c2[nH]cnc2n1SS. The van der Waals surface area contributed by atoms with Crippen LogP contribution in [-0.2, 0) is 0 Å². The molecule has 0 aliphatic rings. The summed E-state index contributed by atoms with van der Waals surface area (Å²) in [6.45, 7) is 0. The molecule has 0 aromatic carbocycles. The highest BCUT2D eigenvalue weighted by Gasteiger charge is 2.09. The molecule has 0 bridgehead atoms. The minimum atomic E-state index is -0.413. The smallest absolute Gasteiger partial charge is 0.300 e. The summed E-state index contributed by atoms with van der Waals surface area (Å²) in [5, 5.41) is 0. The second kappa shape index (κ2) is 2.96. The van der Waals surface area contributed by atoms with Gasteiger partial charge in [0, 0.05) is 11.0 Å². The summed E-state index contributed by atoms with van der Waals surface area (Å²) in [5.74, 6) is 0.0876. The van der Waals surface area contributed by atoms with Gasteiger partial charge in [-0.15, -0.1) is 0 Å². The molecule has 0 radical (unpaired) electrons. The van der Waals surface area contributed by atoms with Gasteiger partial charge in [-0.1, -0.05) is 11.7 Å². The Bertz CT molecular complexity index is 503. The molecule has 0 aliphatic carbocycles. The summed E-state index contributed by atoms with van der Waals surface area (Å²) in [7, 11) is 1.04. The number of rotatable bonds is 1. The quantitative estimate of drug-likeness (QED) is 0.461. The minimum absolute atomic E-state index is 0.0876. The number of H-pyrrole nitrogens is 1. The summed E-state index contributed by atoms with van der Waals surface area (Å²) >= 11 is 3.97. The van der Waals surface area contributed by atoms with Crippen LogP contribution in [0.25, 0.3) is 11.2 Å². The van der Waals surface area contributed by atoms with Crippen LogP contribution < -0.4 is 11.3 Å². The van der Waals surface area contributed by atoms with Crippen molar-refractivity contribution in [3.8, 4) is 0 Å². The van der Waals surface area contributed by atoms with Crippen LogP contribution in [0.1, 0.15) is 0 Å². The van der Waals surface area contributed by atoms with Gasteiger partial charge in [0.05, 0.1) is 6.33 Å². The summed E-state index contributed by atoms with van der Waals surface area (Å²) < 4.78 is 1.45. The summed E-state index contributed by atoms with van der Waals surface area (Å²) in [4.78, 5) is 21.4. The second-order valence-corrected chi connectivity index (χ2v) is 3.27. The molecule has 0 saturated heterocycles. The summed E-state index contributed by atoms with van der Waals surface area (Å²) in [6, 6.07) is 0. The molecule has 2 aromatic rings. The van der Waals surface area contributed by atoms with Gasteiger partial charge in [-0.2, -0.15) is 4.98 Å². The van der Waals surface area contributed by atoms with Gasteiger partial charge in [0.25, 0.3) is 0 Å². The van der Waals surface area contributed by atoms with Gasteiger partial charge in [-0.25, -0.2) is 8.96 Å². The number of nitrogen functional groups attached to an aromatic ring is 1. The van der Waals surface area contributed by atoms with E-state index in [1.54, 1.807) is 0 Å². The van der Waals surface area contributed by atoms with Crippen LogP contribution in [0, 0.1) is 0 Å². The maximum absolute atomic E-state index is 11.2. The zero-order valence-electron chi connectivity index (χ0n) is 6.26. The van der Waals surface area contributed by atoms with Crippen molar-refractivity contribution in [3.05, 3.63) is 16.7 Å². The Balaban J connectivity index is 2.97. The topological polar surface area (TPSA) is 89.6 Å². The number of anilines is 1. The molecule has 0 saturated carbocycles. The lowest BCUT2D eigenvalue weighted by Gasteiger charge is -2.03. The van der Waals surface area contributed by atoms with Crippen LogP contribution >= 0.6 is 22.6 Å². The molecule has 13 heavy (non-hydrogen) atoms. The van der Waals surface area contributed by atoms with Crippen molar-refractivity contribution in [2.75, 3.05) is 5.73 Å². The van der Waals surface area contributed by atoms with Gasteiger partial charge in [0.1, 0.15) is 0 Å². The summed E-state index contributed by atoms with van der Waals surface area (Å²) in [5.41, 5.74) is 5.84. The van der Waals surface area contributed by atoms with Crippen molar-refractivity contribution in [3.63, 3.8) is 0 Å². The Hall–Kier alpha value is -1.15. The molecule has 2 heterocycles. The number of nitrogens with two attached hydrogens (primary N) is 1. The van der Waals surface area contributed by atoms with E-state index < -0.39 is 5.56 Å². The Kier molecular flexibility index (Phi) is 1.93. The molecular formula is C5H5N5OS2. The first-order chi connectivity index (χ1) is 6.24. The molecule has 0 amide bonds. The molecule has 3 N–H and O–H groups in total. The normalized spacial score (nSPS) is 10.8. The van der Waals surface area contributed by atoms with E-state index in [2.05, 4.69) is 26.6 Å². The maximum Gasteiger partial charge on any atom is 0.300 e. The number of nitrogens with zero attached hydrogens (tertiary/aromatic N) is 3. The van der Waals surface area contributed by atoms with Gasteiger partial charge in [-0.05, 0) is 0 Å². The number of aromatic nitrogens is 4. The van der Waals surface area contributed by atoms with Crippen molar-refractivity contribution in [2.45, 2.75) is 0 Å². The van der Waals surface area contributed by atoms with E-state index >= 15 is 0 Å². The van der Waals surface area contributed by atoms with E-state index in [0.717, 1.165) is 11.0 Å². The highest BCUT2D eigenvalue weighted by Crippen LogP contribution is 2.18. The molecule has 0 aliphatic heterocycles. The molecule has 8 heteroatoms. The van der Waals surface area contributed by atoms with Gasteiger partial charge in [0.15, 0.2) is 11.2 Å². The number of hydrogen-bond donors (Lipinski definition) is 3. The second-order valence-electron chi connectivity index (χ2n) is 2.25. The first-order valence-electron chi connectivity index (χ1n) is 3.27. The van der Waals surface area contributed by atoms with E-state index in [0.29, 0.717) is 11.2 Å². The van der Waals surface area contributed by atoms with Crippen LogP contribution in [0.2, 0.25) is 0 Å². The number of aromatic amines is 1. The van der Waals surface area contributed by atoms with Gasteiger partial charge in [-0.3, -0.25) is 4.79 Å². The third-order valence-corrected chi connectivity index (χ3v) is 2.54. The first kappa shape index (κ1) is 8.45. The zero-order chi connectivity index (χ0) is 9.42. The summed E-state index contributed by atoms with van der Waals surface area (Å²) in [6.07, 6.45) is 1.41. The molecular weight excluding hydrogens is 210 g/mol. The lowest BCUT2D eigenvalue weighted by molar-refractivity contribution is 1.13. The van der Waals surface area contributed by atoms with E-state index in [1.165, 1.54) is 10.3 Å². The fraction of sp³-hybridized carbons (Fsp3) is 0. The van der Waals surface area contributed by atoms with Crippen molar-refractivity contribution in [1.29, 1.82) is 0 Å². The van der Waals surface area contributed by atoms with Gasteiger partial charge in [0.2, 0.25) is 5.95 Å². The zero-order valence-corrected chi connectivity index (χ0v) is 7.97. The highest BCUT2D eigenvalue weighted by atomic mass is 33.1. The van der Waals surface area contributed by atoms with Crippen LogP contribution in [0.15, 0.2) is 11.1 Å². The lowest BCUT2D eigenvalue weighted by atomic mass is 10.5. The van der Waals surface area contributed by atoms with E-state index in [4.69, 9.17) is 5.73 Å². The fourth-order valence-corrected chi connectivity index (χ4v) is 1.82. The molecule has 0 spiro atoms.